The first-order valence-corrected chi connectivity index (χ1v) is 12.4. The highest BCUT2D eigenvalue weighted by Crippen LogP contribution is 2.26. The van der Waals surface area contributed by atoms with Crippen LogP contribution in [0.2, 0.25) is 0 Å². The molecule has 2 heterocycles. The second-order valence-electron chi connectivity index (χ2n) is 8.99. The van der Waals surface area contributed by atoms with Crippen LogP contribution in [0.4, 0.5) is 11.6 Å². The molecule has 0 radical (unpaired) electrons. The first kappa shape index (κ1) is 30.1. The maximum atomic E-state index is 12.6. The average molecular weight is 572 g/mol. The number of carboxylic acids is 3. The highest BCUT2D eigenvalue weighted by atomic mass is 16.4. The van der Waals surface area contributed by atoms with Gasteiger partial charge in [0, 0.05) is 36.8 Å². The van der Waals surface area contributed by atoms with E-state index in [9.17, 15) is 34.2 Å². The largest absolute Gasteiger partial charge is 0.493 e. The van der Waals surface area contributed by atoms with E-state index < -0.39 is 54.6 Å². The summed E-state index contributed by atoms with van der Waals surface area (Å²) in [5.74, 6) is -5.79. The Hall–Kier alpha value is -5.41. The molecule has 3 rings (SSSR count). The maximum absolute atomic E-state index is 12.6. The van der Waals surface area contributed by atoms with Crippen molar-refractivity contribution in [1.82, 2.24) is 25.6 Å². The molecule has 0 spiro atoms. The Morgan fingerprint density at radius 1 is 0.902 bits per heavy atom. The van der Waals surface area contributed by atoms with Gasteiger partial charge in [-0.1, -0.05) is 0 Å². The molecule has 0 saturated carbocycles. The smallest absolute Gasteiger partial charge is 0.326 e. The summed E-state index contributed by atoms with van der Waals surface area (Å²) < 4.78 is 0. The van der Waals surface area contributed by atoms with Crippen LogP contribution in [0.1, 0.15) is 41.6 Å². The molecule has 0 saturated heterocycles. The summed E-state index contributed by atoms with van der Waals surface area (Å²) in [7, 11) is 0. The van der Waals surface area contributed by atoms with Crippen molar-refractivity contribution in [2.75, 3.05) is 17.6 Å². The van der Waals surface area contributed by atoms with Crippen molar-refractivity contribution < 1.29 is 44.4 Å². The predicted octanol–water partition coefficient (Wildman–Crippen LogP) is 0.298. The van der Waals surface area contributed by atoms with E-state index >= 15 is 0 Å². The molecular weight excluding hydrogens is 542 g/mol. The van der Waals surface area contributed by atoms with E-state index in [0.717, 1.165) is 5.56 Å². The summed E-state index contributed by atoms with van der Waals surface area (Å²) in [6, 6.07) is 3.34. The lowest BCUT2D eigenvalue weighted by molar-refractivity contribution is -0.143. The molecule has 3 aromatic rings. The van der Waals surface area contributed by atoms with Gasteiger partial charge < -0.3 is 47.1 Å². The minimum atomic E-state index is -1.44. The molecule has 0 aliphatic heterocycles. The van der Waals surface area contributed by atoms with Crippen LogP contribution in [0.25, 0.3) is 11.0 Å². The Morgan fingerprint density at radius 3 is 2.17 bits per heavy atom. The predicted molar refractivity (Wildman–Crippen MR) is 143 cm³/mol. The van der Waals surface area contributed by atoms with Gasteiger partial charge in [0.15, 0.2) is 0 Å². The number of carbonyl (C=O) groups is 5. The zero-order valence-electron chi connectivity index (χ0n) is 21.6. The summed E-state index contributed by atoms with van der Waals surface area (Å²) in [6.45, 7) is 0.463. The van der Waals surface area contributed by atoms with Crippen molar-refractivity contribution in [3.8, 4) is 5.88 Å². The minimum Gasteiger partial charge on any atom is -0.493 e. The third-order valence-electron chi connectivity index (χ3n) is 6.03. The van der Waals surface area contributed by atoms with Crippen molar-refractivity contribution in [2.45, 2.75) is 44.2 Å². The van der Waals surface area contributed by atoms with Crippen LogP contribution in [-0.2, 0) is 25.6 Å². The molecule has 0 aliphatic carbocycles. The zero-order chi connectivity index (χ0) is 30.1. The molecule has 0 bridgehead atoms. The first-order chi connectivity index (χ1) is 19.4. The number of aliphatic carboxylic acids is 3. The SMILES string of the molecule is Nc1nc(O)c2c(CCNc3ccc(C(=O)N[C@@H](CCC(=O)N[C@@H](CCC(=O)O)C(=O)O)C(=O)O)cc3)c[nH]c2n1. The van der Waals surface area contributed by atoms with E-state index in [1.165, 1.54) is 12.1 Å². The number of hydrogen-bond acceptors (Lipinski definition) is 10. The van der Waals surface area contributed by atoms with Crippen LogP contribution in [0.15, 0.2) is 30.5 Å². The second kappa shape index (κ2) is 13.6. The Labute approximate surface area is 232 Å². The number of amides is 2. The Kier molecular flexibility index (Phi) is 9.99. The van der Waals surface area contributed by atoms with Crippen LogP contribution in [0.3, 0.4) is 0 Å². The molecule has 0 aliphatic rings. The topological polar surface area (TPSA) is 270 Å². The Morgan fingerprint density at radius 2 is 1.54 bits per heavy atom. The number of nitrogen functional groups attached to an aromatic ring is 1. The first-order valence-electron chi connectivity index (χ1n) is 12.4. The van der Waals surface area contributed by atoms with Crippen LogP contribution in [0.5, 0.6) is 5.88 Å². The maximum Gasteiger partial charge on any atom is 0.326 e. The van der Waals surface area contributed by atoms with Crippen LogP contribution in [0, 0.1) is 0 Å². The number of carboxylic acid groups (broad SMARTS) is 3. The van der Waals surface area contributed by atoms with Crippen LogP contribution < -0.4 is 21.7 Å². The van der Waals surface area contributed by atoms with E-state index in [1.54, 1.807) is 18.3 Å². The molecule has 0 unspecified atom stereocenters. The number of aromatic nitrogens is 3. The van der Waals surface area contributed by atoms with E-state index in [2.05, 4.69) is 30.9 Å². The van der Waals surface area contributed by atoms with Gasteiger partial charge >= 0.3 is 17.9 Å². The molecule has 2 amide bonds. The second-order valence-corrected chi connectivity index (χ2v) is 8.99. The molecular formula is C25H29N7O9. The molecule has 218 valence electrons. The van der Waals surface area contributed by atoms with Gasteiger partial charge in [0.05, 0.1) is 5.39 Å². The van der Waals surface area contributed by atoms with E-state index in [4.69, 9.17) is 15.9 Å². The monoisotopic (exact) mass is 571 g/mol. The number of aromatic hydroxyl groups is 1. The number of fused-ring (bicyclic) bond motifs is 1. The van der Waals surface area contributed by atoms with E-state index in [0.29, 0.717) is 29.7 Å². The Balaban J connectivity index is 1.50. The molecule has 0 fully saturated rings. The number of nitrogens with zero attached hydrogens (tertiary/aromatic N) is 2. The molecule has 41 heavy (non-hydrogen) atoms. The summed E-state index contributed by atoms with van der Waals surface area (Å²) in [6.07, 6.45) is 0.657. The number of nitrogens with one attached hydrogen (secondary N) is 4. The fourth-order valence-corrected chi connectivity index (χ4v) is 3.94. The van der Waals surface area contributed by atoms with Gasteiger partial charge in [0.1, 0.15) is 17.7 Å². The van der Waals surface area contributed by atoms with Gasteiger partial charge in [-0.2, -0.15) is 9.97 Å². The fourth-order valence-electron chi connectivity index (χ4n) is 3.94. The van der Waals surface area contributed by atoms with Crippen molar-refractivity contribution in [3.05, 3.63) is 41.6 Å². The molecule has 2 aromatic heterocycles. The van der Waals surface area contributed by atoms with Gasteiger partial charge in [-0.3, -0.25) is 14.4 Å². The molecule has 2 atom stereocenters. The Bertz CT molecular complexity index is 1440. The number of carbonyl (C=O) groups excluding carboxylic acids is 2. The van der Waals surface area contributed by atoms with Crippen molar-refractivity contribution >= 4 is 52.4 Å². The summed E-state index contributed by atoms with van der Waals surface area (Å²) >= 11 is 0. The third-order valence-corrected chi connectivity index (χ3v) is 6.03. The van der Waals surface area contributed by atoms with E-state index in [-0.39, 0.29) is 30.2 Å². The molecule has 1 aromatic carbocycles. The van der Waals surface area contributed by atoms with Crippen molar-refractivity contribution in [1.29, 1.82) is 0 Å². The zero-order valence-corrected chi connectivity index (χ0v) is 21.6. The number of aromatic amines is 1. The number of nitrogens with two attached hydrogens (primary N) is 1. The van der Waals surface area contributed by atoms with Gasteiger partial charge in [0.25, 0.3) is 5.91 Å². The summed E-state index contributed by atoms with van der Waals surface area (Å²) in [5.41, 5.74) is 7.56. The lowest BCUT2D eigenvalue weighted by Gasteiger charge is -2.16. The average Bonchev–Trinajstić information content (AvgIpc) is 3.31. The lowest BCUT2D eigenvalue weighted by atomic mass is 10.1. The minimum absolute atomic E-state index is 0.0512. The van der Waals surface area contributed by atoms with Crippen molar-refractivity contribution in [2.24, 2.45) is 0 Å². The highest BCUT2D eigenvalue weighted by Gasteiger charge is 2.25. The van der Waals surface area contributed by atoms with E-state index in [1.807, 2.05) is 0 Å². The number of H-pyrrole nitrogens is 1. The van der Waals surface area contributed by atoms with Gasteiger partial charge in [-0.15, -0.1) is 0 Å². The van der Waals surface area contributed by atoms with Crippen LogP contribution >= 0.6 is 0 Å². The highest BCUT2D eigenvalue weighted by molar-refractivity contribution is 5.97. The summed E-state index contributed by atoms with van der Waals surface area (Å²) in [5, 5.41) is 45.5. The molecule has 10 N–H and O–H groups in total. The number of anilines is 2. The van der Waals surface area contributed by atoms with Gasteiger partial charge in [-0.05, 0) is 49.1 Å². The number of benzene rings is 1. The summed E-state index contributed by atoms with van der Waals surface area (Å²) in [4.78, 5) is 68.9. The standard InChI is InChI=1S/C25H29N7O9/c26-25-31-20-19(22(37)32-25)13(11-28-20)9-10-27-14-3-1-12(2-4-14)21(36)30-16(24(40)41)5-7-17(33)29-15(23(38)39)6-8-18(34)35/h1-4,11,15-16,27H,5-10H2,(H,29,33)(H,30,36)(H,34,35)(H,38,39)(H,40,41)(H4,26,28,31,32,37)/t15-,16-/m0/s1. The lowest BCUT2D eigenvalue weighted by Crippen LogP contribution is -2.44. The van der Waals surface area contributed by atoms with Gasteiger partial charge in [0.2, 0.25) is 17.7 Å². The number of hydrogen-bond donors (Lipinski definition) is 9. The van der Waals surface area contributed by atoms with Crippen LogP contribution in [-0.4, -0.2) is 83.7 Å². The quantitative estimate of drug-likeness (QED) is 0.119. The third kappa shape index (κ3) is 8.54. The normalized spacial score (nSPS) is 12.3. The fraction of sp³-hybridized carbons (Fsp3) is 0.320. The molecule has 16 nitrogen and oxygen atoms in total. The van der Waals surface area contributed by atoms with Gasteiger partial charge in [-0.25, -0.2) is 9.59 Å². The molecule has 16 heteroatoms. The van der Waals surface area contributed by atoms with Crippen molar-refractivity contribution in [3.63, 3.8) is 0 Å². The number of rotatable bonds is 15.